The van der Waals surface area contributed by atoms with Gasteiger partial charge in [0.25, 0.3) is 0 Å². The van der Waals surface area contributed by atoms with Crippen molar-refractivity contribution in [2.24, 2.45) is 5.92 Å². The Morgan fingerprint density at radius 2 is 1.93 bits per heavy atom. The van der Waals surface area contributed by atoms with Crippen molar-refractivity contribution in [3.05, 3.63) is 60.8 Å². The molecule has 0 radical (unpaired) electrons. The Morgan fingerprint density at radius 1 is 1.11 bits per heavy atom. The predicted octanol–water partition coefficient (Wildman–Crippen LogP) is 2.66. The Labute approximate surface area is 157 Å². The Balaban J connectivity index is 1.30. The fraction of sp³-hybridized carbons (Fsp3) is 0.300. The molecule has 1 saturated heterocycles. The fourth-order valence-electron chi connectivity index (χ4n) is 3.27. The fourth-order valence-corrected chi connectivity index (χ4v) is 3.27. The third kappa shape index (κ3) is 4.13. The van der Waals surface area contributed by atoms with Gasteiger partial charge in [-0.2, -0.15) is 0 Å². The summed E-state index contributed by atoms with van der Waals surface area (Å²) in [6, 6.07) is 11.5. The van der Waals surface area contributed by atoms with Crippen molar-refractivity contribution in [3.63, 3.8) is 0 Å². The van der Waals surface area contributed by atoms with Crippen LogP contribution in [0.5, 0.6) is 0 Å². The van der Waals surface area contributed by atoms with Crippen LogP contribution in [0, 0.1) is 5.92 Å². The zero-order valence-electron chi connectivity index (χ0n) is 14.9. The third-order valence-electron chi connectivity index (χ3n) is 4.83. The number of furan rings is 1. The van der Waals surface area contributed by atoms with Crippen molar-refractivity contribution in [3.8, 4) is 11.3 Å². The number of piperidine rings is 1. The highest BCUT2D eigenvalue weighted by Gasteiger charge is 2.25. The molecule has 0 aromatic carbocycles. The molecule has 4 heterocycles. The van der Waals surface area contributed by atoms with Gasteiger partial charge in [-0.05, 0) is 49.2 Å². The molecule has 1 aliphatic heterocycles. The van der Waals surface area contributed by atoms with Gasteiger partial charge in [-0.1, -0.05) is 0 Å². The molecule has 0 saturated carbocycles. The Kier molecular flexibility index (Phi) is 5.09. The van der Waals surface area contributed by atoms with Crippen LogP contribution in [0.1, 0.15) is 18.6 Å². The van der Waals surface area contributed by atoms with Crippen molar-refractivity contribution in [1.82, 2.24) is 20.5 Å². The van der Waals surface area contributed by atoms with E-state index in [0.29, 0.717) is 6.54 Å². The van der Waals surface area contributed by atoms with Crippen LogP contribution in [-0.2, 0) is 11.3 Å². The maximum absolute atomic E-state index is 12.3. The van der Waals surface area contributed by atoms with Gasteiger partial charge in [-0.25, -0.2) is 0 Å². The zero-order valence-corrected chi connectivity index (χ0v) is 14.9. The lowest BCUT2D eigenvalue weighted by Crippen LogP contribution is -2.40. The van der Waals surface area contributed by atoms with Gasteiger partial charge < -0.3 is 14.6 Å². The second-order valence-corrected chi connectivity index (χ2v) is 6.57. The van der Waals surface area contributed by atoms with Crippen LogP contribution in [0.3, 0.4) is 0 Å². The molecule has 27 heavy (non-hydrogen) atoms. The van der Waals surface area contributed by atoms with Gasteiger partial charge >= 0.3 is 0 Å². The van der Waals surface area contributed by atoms with E-state index in [4.69, 9.17) is 4.42 Å². The van der Waals surface area contributed by atoms with Crippen LogP contribution in [0.15, 0.2) is 59.5 Å². The summed E-state index contributed by atoms with van der Waals surface area (Å²) in [5.41, 5.74) is 1.82. The zero-order chi connectivity index (χ0) is 18.5. The van der Waals surface area contributed by atoms with E-state index in [0.717, 1.165) is 48.8 Å². The molecule has 3 aromatic rings. The van der Waals surface area contributed by atoms with Crippen molar-refractivity contribution >= 4 is 11.7 Å². The minimum Gasteiger partial charge on any atom is -0.467 e. The number of amides is 1. The number of hydrogen-bond donors (Lipinski definition) is 1. The summed E-state index contributed by atoms with van der Waals surface area (Å²) < 4.78 is 5.25. The molecule has 7 nitrogen and oxygen atoms in total. The van der Waals surface area contributed by atoms with E-state index >= 15 is 0 Å². The maximum atomic E-state index is 12.3. The normalized spacial score (nSPS) is 14.9. The number of anilines is 1. The summed E-state index contributed by atoms with van der Waals surface area (Å²) in [5.74, 6) is 1.73. The molecule has 1 aliphatic rings. The summed E-state index contributed by atoms with van der Waals surface area (Å²) in [4.78, 5) is 18.5. The van der Waals surface area contributed by atoms with Gasteiger partial charge in [-0.15, -0.1) is 10.2 Å². The van der Waals surface area contributed by atoms with Crippen LogP contribution in [0.4, 0.5) is 5.82 Å². The Bertz CT molecular complexity index is 857. The number of nitrogens with zero attached hydrogens (tertiary/aromatic N) is 4. The molecule has 0 spiro atoms. The Morgan fingerprint density at radius 3 is 2.59 bits per heavy atom. The van der Waals surface area contributed by atoms with Crippen LogP contribution in [0.25, 0.3) is 11.3 Å². The van der Waals surface area contributed by atoms with E-state index in [2.05, 4.69) is 25.4 Å². The Hall–Kier alpha value is -3.22. The summed E-state index contributed by atoms with van der Waals surface area (Å²) in [7, 11) is 0. The largest absolute Gasteiger partial charge is 0.467 e. The smallest absolute Gasteiger partial charge is 0.223 e. The standard InChI is InChI=1S/C20H21N5O2/c26-20(22-14-17-2-1-13-27-17)16-7-11-25(12-8-16)19-4-3-18(23-24-19)15-5-9-21-10-6-15/h1-6,9-10,13,16H,7-8,11-12,14H2,(H,22,26). The van der Waals surface area contributed by atoms with E-state index in [1.807, 2.05) is 36.4 Å². The van der Waals surface area contributed by atoms with Gasteiger partial charge in [0.2, 0.25) is 5.91 Å². The van der Waals surface area contributed by atoms with Crippen molar-refractivity contribution in [1.29, 1.82) is 0 Å². The molecule has 7 heteroatoms. The van der Waals surface area contributed by atoms with Gasteiger partial charge in [0.05, 0.1) is 18.5 Å². The second kappa shape index (κ2) is 7.99. The molecule has 0 atom stereocenters. The van der Waals surface area contributed by atoms with Gasteiger partial charge in [0.15, 0.2) is 5.82 Å². The van der Waals surface area contributed by atoms with E-state index in [9.17, 15) is 4.79 Å². The van der Waals surface area contributed by atoms with Crippen LogP contribution in [0.2, 0.25) is 0 Å². The average Bonchev–Trinajstić information content (AvgIpc) is 3.27. The average molecular weight is 363 g/mol. The molecule has 138 valence electrons. The molecular weight excluding hydrogens is 342 g/mol. The number of aromatic nitrogens is 3. The lowest BCUT2D eigenvalue weighted by molar-refractivity contribution is -0.125. The highest BCUT2D eigenvalue weighted by molar-refractivity contribution is 5.78. The highest BCUT2D eigenvalue weighted by atomic mass is 16.3. The first-order chi connectivity index (χ1) is 13.3. The molecule has 3 aromatic heterocycles. The number of hydrogen-bond acceptors (Lipinski definition) is 6. The quantitative estimate of drug-likeness (QED) is 0.750. The minimum atomic E-state index is 0.0280. The van der Waals surface area contributed by atoms with Crippen molar-refractivity contribution < 1.29 is 9.21 Å². The highest BCUT2D eigenvalue weighted by Crippen LogP contribution is 2.23. The van der Waals surface area contributed by atoms with Crippen LogP contribution in [-0.4, -0.2) is 34.2 Å². The first kappa shape index (κ1) is 17.2. The van der Waals surface area contributed by atoms with Crippen molar-refractivity contribution in [2.45, 2.75) is 19.4 Å². The van der Waals surface area contributed by atoms with E-state index in [1.165, 1.54) is 0 Å². The molecular formula is C20H21N5O2. The monoisotopic (exact) mass is 363 g/mol. The SMILES string of the molecule is O=C(NCc1ccco1)C1CCN(c2ccc(-c3ccncc3)nn2)CC1. The molecule has 4 rings (SSSR count). The second-order valence-electron chi connectivity index (χ2n) is 6.57. The number of carbonyl (C=O) groups excluding carboxylic acids is 1. The lowest BCUT2D eigenvalue weighted by atomic mass is 9.96. The van der Waals surface area contributed by atoms with Gasteiger partial charge in [0.1, 0.15) is 5.76 Å². The molecule has 0 aliphatic carbocycles. The molecule has 1 N–H and O–H groups in total. The lowest BCUT2D eigenvalue weighted by Gasteiger charge is -2.31. The third-order valence-corrected chi connectivity index (χ3v) is 4.83. The number of rotatable bonds is 5. The molecule has 0 bridgehead atoms. The van der Waals surface area contributed by atoms with E-state index in [-0.39, 0.29) is 11.8 Å². The maximum Gasteiger partial charge on any atom is 0.223 e. The topological polar surface area (TPSA) is 84.2 Å². The number of carbonyl (C=O) groups is 1. The first-order valence-corrected chi connectivity index (χ1v) is 9.09. The number of pyridine rings is 1. The van der Waals surface area contributed by atoms with E-state index < -0.39 is 0 Å². The van der Waals surface area contributed by atoms with Gasteiger partial charge in [0, 0.05) is 37.0 Å². The van der Waals surface area contributed by atoms with Crippen LogP contribution < -0.4 is 10.2 Å². The molecule has 1 fully saturated rings. The molecule has 0 unspecified atom stereocenters. The number of nitrogens with one attached hydrogen (secondary N) is 1. The minimum absolute atomic E-state index is 0.0280. The van der Waals surface area contributed by atoms with E-state index in [1.54, 1.807) is 18.7 Å². The summed E-state index contributed by atoms with van der Waals surface area (Å²) >= 11 is 0. The first-order valence-electron chi connectivity index (χ1n) is 9.09. The van der Waals surface area contributed by atoms with Crippen molar-refractivity contribution in [2.75, 3.05) is 18.0 Å². The van der Waals surface area contributed by atoms with Gasteiger partial charge in [-0.3, -0.25) is 9.78 Å². The molecule has 1 amide bonds. The predicted molar refractivity (Wildman–Crippen MR) is 101 cm³/mol. The summed E-state index contributed by atoms with van der Waals surface area (Å²) in [5, 5.41) is 11.6. The van der Waals surface area contributed by atoms with Crippen LogP contribution >= 0.6 is 0 Å². The summed E-state index contributed by atoms with van der Waals surface area (Å²) in [6.45, 7) is 2.03. The summed E-state index contributed by atoms with van der Waals surface area (Å²) in [6.07, 6.45) is 6.70.